The minimum Gasteiger partial charge on any atom is -0.383 e. The Morgan fingerprint density at radius 3 is 2.69 bits per heavy atom. The highest BCUT2D eigenvalue weighted by Gasteiger charge is 2.17. The molecule has 3 N–H and O–H groups in total. The molecule has 1 aromatic rings. The molecule has 1 aliphatic heterocycles. The third-order valence-electron chi connectivity index (χ3n) is 2.87. The Morgan fingerprint density at radius 1 is 1.44 bits per heavy atom. The highest BCUT2D eigenvalue weighted by Crippen LogP contribution is 2.09. The topological polar surface area (TPSA) is 78.2 Å². The quantitative estimate of drug-likeness (QED) is 0.706. The number of piperazine rings is 1. The third-order valence-corrected chi connectivity index (χ3v) is 2.87. The van der Waals surface area contributed by atoms with Crippen LogP contribution < -0.4 is 16.2 Å². The number of H-pyrrole nitrogens is 1. The van der Waals surface area contributed by atoms with Crippen LogP contribution in [0, 0.1) is 0 Å². The maximum atomic E-state index is 11.3. The Bertz CT molecular complexity index is 408. The SMILES string of the molecule is CCN1CCN(c2nc(N)cc(=O)[nH]2)CC1. The van der Waals surface area contributed by atoms with Gasteiger partial charge in [0.25, 0.3) is 5.56 Å². The van der Waals surface area contributed by atoms with E-state index in [1.165, 1.54) is 6.07 Å². The fourth-order valence-electron chi connectivity index (χ4n) is 1.89. The highest BCUT2D eigenvalue weighted by atomic mass is 16.1. The number of hydrogen-bond donors (Lipinski definition) is 2. The van der Waals surface area contributed by atoms with Crippen molar-refractivity contribution in [1.29, 1.82) is 0 Å². The zero-order valence-electron chi connectivity index (χ0n) is 9.44. The lowest BCUT2D eigenvalue weighted by Gasteiger charge is -2.34. The maximum Gasteiger partial charge on any atom is 0.254 e. The van der Waals surface area contributed by atoms with Gasteiger partial charge >= 0.3 is 0 Å². The van der Waals surface area contributed by atoms with Gasteiger partial charge in [-0.1, -0.05) is 6.92 Å². The molecule has 1 aliphatic rings. The molecular weight excluding hydrogens is 206 g/mol. The van der Waals surface area contributed by atoms with Crippen LogP contribution in [0.15, 0.2) is 10.9 Å². The van der Waals surface area contributed by atoms with Crippen LogP contribution >= 0.6 is 0 Å². The molecule has 1 aromatic heterocycles. The number of nitrogens with two attached hydrogens (primary N) is 1. The summed E-state index contributed by atoms with van der Waals surface area (Å²) in [6.07, 6.45) is 0. The molecule has 88 valence electrons. The summed E-state index contributed by atoms with van der Waals surface area (Å²) in [7, 11) is 0. The van der Waals surface area contributed by atoms with Crippen LogP contribution in [0.3, 0.4) is 0 Å². The van der Waals surface area contributed by atoms with Crippen LogP contribution in [0.25, 0.3) is 0 Å². The first-order valence-electron chi connectivity index (χ1n) is 5.53. The molecule has 2 rings (SSSR count). The normalized spacial score (nSPS) is 17.7. The predicted molar refractivity (Wildman–Crippen MR) is 63.6 cm³/mol. The van der Waals surface area contributed by atoms with Gasteiger partial charge in [0.2, 0.25) is 5.95 Å². The van der Waals surface area contributed by atoms with Crippen LogP contribution in [-0.4, -0.2) is 47.6 Å². The Hall–Kier alpha value is -1.56. The number of aromatic amines is 1. The van der Waals surface area contributed by atoms with Gasteiger partial charge in [-0.15, -0.1) is 0 Å². The standard InChI is InChI=1S/C10H17N5O/c1-2-14-3-5-15(6-4-14)10-12-8(11)7-9(16)13-10/h7H,2-6H2,1H3,(H3,11,12,13,16). The molecule has 6 heteroatoms. The van der Waals surface area contributed by atoms with E-state index >= 15 is 0 Å². The molecule has 0 saturated carbocycles. The first-order chi connectivity index (χ1) is 7.69. The minimum absolute atomic E-state index is 0.194. The Labute approximate surface area is 94.1 Å². The molecule has 1 saturated heterocycles. The number of nitrogens with zero attached hydrogens (tertiary/aromatic N) is 3. The fraction of sp³-hybridized carbons (Fsp3) is 0.600. The maximum absolute atomic E-state index is 11.3. The van der Waals surface area contributed by atoms with Gasteiger partial charge in [-0.25, -0.2) is 0 Å². The molecule has 16 heavy (non-hydrogen) atoms. The van der Waals surface area contributed by atoms with Crippen molar-refractivity contribution < 1.29 is 0 Å². The third kappa shape index (κ3) is 2.33. The van der Waals surface area contributed by atoms with E-state index in [-0.39, 0.29) is 11.4 Å². The van der Waals surface area contributed by atoms with E-state index in [1.807, 2.05) is 0 Å². The summed E-state index contributed by atoms with van der Waals surface area (Å²) in [6.45, 7) is 6.95. The second-order valence-corrected chi connectivity index (χ2v) is 3.92. The van der Waals surface area contributed by atoms with Gasteiger partial charge in [0.1, 0.15) is 5.82 Å². The number of rotatable bonds is 2. The van der Waals surface area contributed by atoms with Crippen molar-refractivity contribution in [3.8, 4) is 0 Å². The minimum atomic E-state index is -0.194. The molecule has 0 atom stereocenters. The number of likely N-dealkylation sites (N-methyl/N-ethyl adjacent to an activating group) is 1. The van der Waals surface area contributed by atoms with Crippen molar-refractivity contribution in [2.75, 3.05) is 43.4 Å². The van der Waals surface area contributed by atoms with Crippen LogP contribution in [0.1, 0.15) is 6.92 Å². The molecule has 0 spiro atoms. The lowest BCUT2D eigenvalue weighted by atomic mass is 10.3. The van der Waals surface area contributed by atoms with E-state index < -0.39 is 0 Å². The van der Waals surface area contributed by atoms with Crippen LogP contribution in [0.2, 0.25) is 0 Å². The van der Waals surface area contributed by atoms with E-state index in [0.29, 0.717) is 5.95 Å². The van der Waals surface area contributed by atoms with E-state index in [1.54, 1.807) is 0 Å². The summed E-state index contributed by atoms with van der Waals surface area (Å²) in [5.41, 5.74) is 5.36. The zero-order chi connectivity index (χ0) is 11.5. The van der Waals surface area contributed by atoms with E-state index in [4.69, 9.17) is 5.73 Å². The van der Waals surface area contributed by atoms with Gasteiger partial charge in [-0.2, -0.15) is 4.98 Å². The number of nitrogens with one attached hydrogen (secondary N) is 1. The Balaban J connectivity index is 2.11. The Morgan fingerprint density at radius 2 is 2.12 bits per heavy atom. The molecule has 2 heterocycles. The molecule has 0 amide bonds. The molecule has 0 aromatic carbocycles. The fourth-order valence-corrected chi connectivity index (χ4v) is 1.89. The van der Waals surface area contributed by atoms with E-state index in [9.17, 15) is 4.79 Å². The van der Waals surface area contributed by atoms with Crippen LogP contribution in [-0.2, 0) is 0 Å². The van der Waals surface area contributed by atoms with Gasteiger partial charge in [0, 0.05) is 32.2 Å². The lowest BCUT2D eigenvalue weighted by Crippen LogP contribution is -2.47. The number of anilines is 2. The van der Waals surface area contributed by atoms with E-state index in [0.717, 1.165) is 32.7 Å². The molecule has 0 aliphatic carbocycles. The summed E-state index contributed by atoms with van der Waals surface area (Å²) < 4.78 is 0. The van der Waals surface area contributed by atoms with Crippen molar-refractivity contribution in [3.05, 3.63) is 16.4 Å². The van der Waals surface area contributed by atoms with Crippen molar-refractivity contribution in [2.45, 2.75) is 6.92 Å². The Kier molecular flexibility index (Phi) is 3.09. The molecule has 0 radical (unpaired) electrons. The van der Waals surface area contributed by atoms with Crippen LogP contribution in [0.5, 0.6) is 0 Å². The van der Waals surface area contributed by atoms with Crippen molar-refractivity contribution >= 4 is 11.8 Å². The largest absolute Gasteiger partial charge is 0.383 e. The summed E-state index contributed by atoms with van der Waals surface area (Å²) in [5.74, 6) is 0.859. The first-order valence-corrected chi connectivity index (χ1v) is 5.53. The van der Waals surface area contributed by atoms with Crippen molar-refractivity contribution in [2.24, 2.45) is 0 Å². The summed E-state index contributed by atoms with van der Waals surface area (Å²) >= 11 is 0. The second kappa shape index (κ2) is 4.52. The monoisotopic (exact) mass is 223 g/mol. The summed E-state index contributed by atoms with van der Waals surface area (Å²) in [4.78, 5) is 22.5. The number of aromatic nitrogens is 2. The zero-order valence-corrected chi connectivity index (χ0v) is 9.44. The molecule has 6 nitrogen and oxygen atoms in total. The average Bonchev–Trinajstić information content (AvgIpc) is 2.28. The molecule has 0 bridgehead atoms. The predicted octanol–water partition coefficient (Wildman–Crippen LogP) is -0.506. The van der Waals surface area contributed by atoms with E-state index in [2.05, 4.69) is 26.7 Å². The van der Waals surface area contributed by atoms with Crippen LogP contribution in [0.4, 0.5) is 11.8 Å². The summed E-state index contributed by atoms with van der Waals surface area (Å²) in [5, 5.41) is 0. The van der Waals surface area contributed by atoms with Gasteiger partial charge < -0.3 is 15.5 Å². The number of nitrogen functional groups attached to an aromatic ring is 1. The molecule has 0 unspecified atom stereocenters. The lowest BCUT2D eigenvalue weighted by molar-refractivity contribution is 0.270. The highest BCUT2D eigenvalue weighted by molar-refractivity contribution is 5.38. The van der Waals surface area contributed by atoms with Crippen molar-refractivity contribution in [1.82, 2.24) is 14.9 Å². The van der Waals surface area contributed by atoms with Crippen molar-refractivity contribution in [3.63, 3.8) is 0 Å². The second-order valence-electron chi connectivity index (χ2n) is 3.92. The van der Waals surface area contributed by atoms with Gasteiger partial charge in [0.15, 0.2) is 0 Å². The molecule has 1 fully saturated rings. The summed E-state index contributed by atoms with van der Waals surface area (Å²) in [6, 6.07) is 1.30. The smallest absolute Gasteiger partial charge is 0.254 e. The van der Waals surface area contributed by atoms with Gasteiger partial charge in [-0.3, -0.25) is 9.78 Å². The van der Waals surface area contributed by atoms with Gasteiger partial charge in [0.05, 0.1) is 0 Å². The first kappa shape index (κ1) is 10.9. The van der Waals surface area contributed by atoms with Gasteiger partial charge in [-0.05, 0) is 6.54 Å². The molecular formula is C10H17N5O. The number of hydrogen-bond acceptors (Lipinski definition) is 5. The average molecular weight is 223 g/mol.